The molecule has 0 radical (unpaired) electrons. The topological polar surface area (TPSA) is 64.4 Å². The first-order valence-corrected chi connectivity index (χ1v) is 6.56. The van der Waals surface area contributed by atoms with Crippen LogP contribution < -0.4 is 5.32 Å². The molecule has 2 heterocycles. The van der Waals surface area contributed by atoms with Crippen LogP contribution in [0.1, 0.15) is 24.6 Å². The average molecular weight is 256 g/mol. The number of hydrogen-bond donors (Lipinski definition) is 1. The Balaban J connectivity index is 1.82. The quantitative estimate of drug-likeness (QED) is 0.648. The molecule has 1 saturated heterocycles. The molecule has 1 aromatic rings. The smallest absolute Gasteiger partial charge is 0.324 e. The lowest BCUT2D eigenvalue weighted by molar-refractivity contribution is -0.380. The largest absolute Gasteiger partial charge is 0.377 e. The van der Waals surface area contributed by atoms with E-state index in [1.807, 2.05) is 0 Å². The lowest BCUT2D eigenvalue weighted by Gasteiger charge is -2.19. The lowest BCUT2D eigenvalue weighted by Crippen LogP contribution is -2.36. The summed E-state index contributed by atoms with van der Waals surface area (Å²) in [5, 5.41) is 14.1. The zero-order valence-electron chi connectivity index (χ0n) is 9.72. The first-order valence-electron chi connectivity index (χ1n) is 5.75. The van der Waals surface area contributed by atoms with Crippen molar-refractivity contribution >= 4 is 16.3 Å². The van der Waals surface area contributed by atoms with Gasteiger partial charge < -0.3 is 10.1 Å². The number of nitrogens with zero attached hydrogens (tertiary/aromatic N) is 1. The van der Waals surface area contributed by atoms with Gasteiger partial charge in [0, 0.05) is 30.1 Å². The molecule has 94 valence electrons. The van der Waals surface area contributed by atoms with Gasteiger partial charge in [-0.3, -0.25) is 10.1 Å². The standard InChI is InChI=1S/C11H16N2O3S/c1-8(10-3-2-6-16-10)12-7-9-4-5-11(17-9)13(14)15/h4-5,8,10,12H,2-3,6-7H2,1H3. The number of nitrogens with one attached hydrogen (secondary N) is 1. The summed E-state index contributed by atoms with van der Waals surface area (Å²) in [6.45, 7) is 3.61. The maximum atomic E-state index is 10.5. The monoisotopic (exact) mass is 256 g/mol. The third kappa shape index (κ3) is 3.24. The zero-order valence-corrected chi connectivity index (χ0v) is 10.5. The van der Waals surface area contributed by atoms with Gasteiger partial charge in [-0.15, -0.1) is 0 Å². The Labute approximate surface area is 104 Å². The van der Waals surface area contributed by atoms with Gasteiger partial charge >= 0.3 is 5.00 Å². The van der Waals surface area contributed by atoms with Gasteiger partial charge in [0.1, 0.15) is 0 Å². The van der Waals surface area contributed by atoms with E-state index in [0.717, 1.165) is 24.3 Å². The minimum Gasteiger partial charge on any atom is -0.377 e. The molecule has 0 aromatic carbocycles. The van der Waals surface area contributed by atoms with Crippen molar-refractivity contribution in [2.75, 3.05) is 6.61 Å². The van der Waals surface area contributed by atoms with E-state index in [1.165, 1.54) is 11.3 Å². The van der Waals surface area contributed by atoms with Crippen molar-refractivity contribution in [3.63, 3.8) is 0 Å². The van der Waals surface area contributed by atoms with Gasteiger partial charge in [-0.2, -0.15) is 0 Å². The fourth-order valence-electron chi connectivity index (χ4n) is 1.95. The molecular formula is C11H16N2O3S. The molecule has 2 unspecified atom stereocenters. The minimum absolute atomic E-state index is 0.201. The maximum absolute atomic E-state index is 10.5. The molecule has 1 aliphatic heterocycles. The lowest BCUT2D eigenvalue weighted by atomic mass is 10.1. The Morgan fingerprint density at radius 2 is 2.53 bits per heavy atom. The van der Waals surface area contributed by atoms with Crippen LogP contribution in [0.25, 0.3) is 0 Å². The van der Waals surface area contributed by atoms with E-state index < -0.39 is 0 Å². The SMILES string of the molecule is CC(NCc1ccc([N+](=O)[O-])s1)C1CCCO1. The summed E-state index contributed by atoms with van der Waals surface area (Å²) >= 11 is 1.22. The summed E-state index contributed by atoms with van der Waals surface area (Å²) in [6.07, 6.45) is 2.50. The highest BCUT2D eigenvalue weighted by molar-refractivity contribution is 7.15. The van der Waals surface area contributed by atoms with Crippen LogP contribution in [0.15, 0.2) is 12.1 Å². The number of hydrogen-bond acceptors (Lipinski definition) is 5. The van der Waals surface area contributed by atoms with Crippen LogP contribution in [0.2, 0.25) is 0 Å². The zero-order chi connectivity index (χ0) is 12.3. The van der Waals surface area contributed by atoms with Gasteiger partial charge in [-0.25, -0.2) is 0 Å². The fraction of sp³-hybridized carbons (Fsp3) is 0.636. The molecule has 1 fully saturated rings. The summed E-state index contributed by atoms with van der Waals surface area (Å²) in [6, 6.07) is 3.65. The molecule has 1 aromatic heterocycles. The highest BCUT2D eigenvalue weighted by atomic mass is 32.1. The van der Waals surface area contributed by atoms with E-state index >= 15 is 0 Å². The molecular weight excluding hydrogens is 240 g/mol. The summed E-state index contributed by atoms with van der Waals surface area (Å²) in [7, 11) is 0. The summed E-state index contributed by atoms with van der Waals surface area (Å²) in [5.41, 5.74) is 0. The average Bonchev–Trinajstić information content (AvgIpc) is 2.97. The molecule has 0 amide bonds. The van der Waals surface area contributed by atoms with Crippen molar-refractivity contribution in [2.24, 2.45) is 0 Å². The minimum atomic E-state index is -0.350. The van der Waals surface area contributed by atoms with Crippen LogP contribution in [0.3, 0.4) is 0 Å². The van der Waals surface area contributed by atoms with Gasteiger partial charge in [0.05, 0.1) is 11.0 Å². The Bertz CT molecular complexity index is 388. The predicted octanol–water partition coefficient (Wildman–Crippen LogP) is 2.31. The molecule has 0 spiro atoms. The van der Waals surface area contributed by atoms with Crippen LogP contribution in [-0.4, -0.2) is 23.7 Å². The highest BCUT2D eigenvalue weighted by Crippen LogP contribution is 2.24. The van der Waals surface area contributed by atoms with Gasteiger partial charge in [-0.05, 0) is 25.8 Å². The van der Waals surface area contributed by atoms with Crippen molar-refractivity contribution in [3.05, 3.63) is 27.1 Å². The van der Waals surface area contributed by atoms with Gasteiger partial charge in [0.15, 0.2) is 0 Å². The van der Waals surface area contributed by atoms with E-state index in [1.54, 1.807) is 12.1 Å². The summed E-state index contributed by atoms with van der Waals surface area (Å²) < 4.78 is 5.58. The van der Waals surface area contributed by atoms with Crippen molar-refractivity contribution in [1.82, 2.24) is 5.32 Å². The molecule has 0 aliphatic carbocycles. The van der Waals surface area contributed by atoms with E-state index in [0.29, 0.717) is 12.6 Å². The molecule has 1 N–H and O–H groups in total. The van der Waals surface area contributed by atoms with Crippen molar-refractivity contribution in [3.8, 4) is 0 Å². The van der Waals surface area contributed by atoms with Crippen molar-refractivity contribution in [1.29, 1.82) is 0 Å². The Kier molecular flexibility index (Phi) is 4.09. The molecule has 0 saturated carbocycles. The predicted molar refractivity (Wildman–Crippen MR) is 66.2 cm³/mol. The summed E-state index contributed by atoms with van der Waals surface area (Å²) in [4.78, 5) is 11.2. The summed E-state index contributed by atoms with van der Waals surface area (Å²) in [5.74, 6) is 0. The molecule has 17 heavy (non-hydrogen) atoms. The van der Waals surface area contributed by atoms with Crippen LogP contribution in [0, 0.1) is 10.1 Å². The number of thiophene rings is 1. The maximum Gasteiger partial charge on any atom is 0.324 e. The van der Waals surface area contributed by atoms with Crippen LogP contribution in [0.4, 0.5) is 5.00 Å². The van der Waals surface area contributed by atoms with Gasteiger partial charge in [0.2, 0.25) is 0 Å². The van der Waals surface area contributed by atoms with E-state index in [-0.39, 0.29) is 16.0 Å². The van der Waals surface area contributed by atoms with E-state index in [9.17, 15) is 10.1 Å². The van der Waals surface area contributed by atoms with Gasteiger partial charge in [-0.1, -0.05) is 11.3 Å². The molecule has 1 aliphatic rings. The molecule has 2 atom stereocenters. The van der Waals surface area contributed by atoms with Crippen LogP contribution in [0.5, 0.6) is 0 Å². The first-order chi connectivity index (χ1) is 8.16. The second kappa shape index (κ2) is 5.57. The van der Waals surface area contributed by atoms with E-state index in [4.69, 9.17) is 4.74 Å². The van der Waals surface area contributed by atoms with Gasteiger partial charge in [0.25, 0.3) is 0 Å². The Morgan fingerprint density at radius 3 is 3.12 bits per heavy atom. The number of nitro groups is 1. The van der Waals surface area contributed by atoms with Crippen LogP contribution >= 0.6 is 11.3 Å². The normalized spacial score (nSPS) is 21.6. The second-order valence-electron chi connectivity index (χ2n) is 4.22. The Hall–Kier alpha value is -0.980. The fourth-order valence-corrected chi connectivity index (χ4v) is 2.72. The molecule has 0 bridgehead atoms. The Morgan fingerprint density at radius 1 is 1.71 bits per heavy atom. The first kappa shape index (κ1) is 12.5. The third-order valence-corrected chi connectivity index (χ3v) is 3.99. The van der Waals surface area contributed by atoms with Crippen molar-refractivity contribution in [2.45, 2.75) is 38.5 Å². The highest BCUT2D eigenvalue weighted by Gasteiger charge is 2.22. The molecule has 2 rings (SSSR count). The number of rotatable bonds is 5. The number of ether oxygens (including phenoxy) is 1. The van der Waals surface area contributed by atoms with Crippen LogP contribution in [-0.2, 0) is 11.3 Å². The molecule has 6 heteroatoms. The van der Waals surface area contributed by atoms with Crippen molar-refractivity contribution < 1.29 is 9.66 Å². The third-order valence-electron chi connectivity index (χ3n) is 2.95. The van der Waals surface area contributed by atoms with E-state index in [2.05, 4.69) is 12.2 Å². The molecule has 5 nitrogen and oxygen atoms in total. The second-order valence-corrected chi connectivity index (χ2v) is 5.36.